The molecule has 0 unspecified atom stereocenters. The molecule has 1 atom stereocenters. The second kappa shape index (κ2) is 6.34. The van der Waals surface area contributed by atoms with Gasteiger partial charge in [0.05, 0.1) is 11.5 Å². The van der Waals surface area contributed by atoms with E-state index < -0.39 is 16.1 Å². The SMILES string of the molecule is CC[C@H](CO)NS(=O)(=O)c1cc(Cl)c(C)cc1Br. The predicted molar refractivity (Wildman–Crippen MR) is 75.4 cm³/mol. The fourth-order valence-corrected chi connectivity index (χ4v) is 4.09. The summed E-state index contributed by atoms with van der Waals surface area (Å²) in [6.45, 7) is 3.34. The summed E-state index contributed by atoms with van der Waals surface area (Å²) in [7, 11) is -3.69. The van der Waals surface area contributed by atoms with Gasteiger partial charge >= 0.3 is 0 Å². The van der Waals surface area contributed by atoms with Crippen LogP contribution in [0.25, 0.3) is 0 Å². The average molecular weight is 357 g/mol. The second-order valence-corrected chi connectivity index (χ2v) is 6.88. The van der Waals surface area contributed by atoms with Crippen molar-refractivity contribution in [3.63, 3.8) is 0 Å². The summed E-state index contributed by atoms with van der Waals surface area (Å²) in [5.41, 5.74) is 0.789. The monoisotopic (exact) mass is 355 g/mol. The van der Waals surface area contributed by atoms with Gasteiger partial charge in [-0.25, -0.2) is 13.1 Å². The standard InChI is InChI=1S/C11H15BrClNO3S/c1-3-8(6-15)14-18(16,17)11-5-10(13)7(2)4-9(11)12/h4-5,8,14-15H,3,6H2,1-2H3/t8-/m1/s1. The van der Waals surface area contributed by atoms with E-state index in [0.29, 0.717) is 15.9 Å². The number of hydrogen-bond donors (Lipinski definition) is 2. The molecule has 0 aliphatic carbocycles. The van der Waals surface area contributed by atoms with Gasteiger partial charge in [-0.15, -0.1) is 0 Å². The van der Waals surface area contributed by atoms with Gasteiger partial charge in [0.1, 0.15) is 0 Å². The molecule has 0 radical (unpaired) electrons. The molecule has 18 heavy (non-hydrogen) atoms. The van der Waals surface area contributed by atoms with E-state index in [-0.39, 0.29) is 11.5 Å². The second-order valence-electron chi connectivity index (χ2n) is 3.94. The molecule has 1 rings (SSSR count). The molecule has 0 heterocycles. The Bertz CT molecular complexity index is 529. The third-order valence-electron chi connectivity index (χ3n) is 2.54. The topological polar surface area (TPSA) is 66.4 Å². The van der Waals surface area contributed by atoms with Crippen molar-refractivity contribution < 1.29 is 13.5 Å². The zero-order valence-electron chi connectivity index (χ0n) is 10.1. The molecule has 7 heteroatoms. The van der Waals surface area contributed by atoms with Gasteiger partial charge < -0.3 is 5.11 Å². The first-order valence-corrected chi connectivity index (χ1v) is 8.06. The summed E-state index contributed by atoms with van der Waals surface area (Å²) >= 11 is 9.14. The summed E-state index contributed by atoms with van der Waals surface area (Å²) in [5.74, 6) is 0. The van der Waals surface area contributed by atoms with Crippen molar-refractivity contribution in [3.8, 4) is 0 Å². The zero-order valence-corrected chi connectivity index (χ0v) is 13.2. The third kappa shape index (κ3) is 3.68. The summed E-state index contributed by atoms with van der Waals surface area (Å²) in [5, 5.41) is 9.42. The van der Waals surface area contributed by atoms with Crippen molar-refractivity contribution in [3.05, 3.63) is 27.2 Å². The van der Waals surface area contributed by atoms with Crippen molar-refractivity contribution in [1.29, 1.82) is 0 Å². The van der Waals surface area contributed by atoms with Crippen LogP contribution in [-0.4, -0.2) is 26.2 Å². The minimum atomic E-state index is -3.69. The molecule has 1 aromatic rings. The lowest BCUT2D eigenvalue weighted by Crippen LogP contribution is -2.37. The first-order chi connectivity index (χ1) is 8.31. The van der Waals surface area contributed by atoms with E-state index in [1.807, 2.05) is 0 Å². The lowest BCUT2D eigenvalue weighted by atomic mass is 10.2. The Morgan fingerprint density at radius 2 is 2.11 bits per heavy atom. The van der Waals surface area contributed by atoms with E-state index in [0.717, 1.165) is 5.56 Å². The lowest BCUT2D eigenvalue weighted by Gasteiger charge is -2.15. The number of hydrogen-bond acceptors (Lipinski definition) is 3. The Kier molecular flexibility index (Phi) is 5.61. The normalized spacial score (nSPS) is 13.6. The number of aryl methyl sites for hydroxylation is 1. The predicted octanol–water partition coefficient (Wildman–Crippen LogP) is 2.46. The molecule has 102 valence electrons. The van der Waals surface area contributed by atoms with E-state index in [9.17, 15) is 8.42 Å². The number of aliphatic hydroxyl groups excluding tert-OH is 1. The van der Waals surface area contributed by atoms with Crippen LogP contribution in [0.4, 0.5) is 0 Å². The lowest BCUT2D eigenvalue weighted by molar-refractivity contribution is 0.254. The number of sulfonamides is 1. The van der Waals surface area contributed by atoms with Crippen molar-refractivity contribution in [2.45, 2.75) is 31.2 Å². The Labute approximate surface area is 121 Å². The number of aliphatic hydroxyl groups is 1. The molecule has 0 amide bonds. The van der Waals surface area contributed by atoms with Crippen molar-refractivity contribution in [2.75, 3.05) is 6.61 Å². The number of benzene rings is 1. The van der Waals surface area contributed by atoms with Crippen LogP contribution in [0.2, 0.25) is 5.02 Å². The largest absolute Gasteiger partial charge is 0.395 e. The van der Waals surface area contributed by atoms with Crippen molar-refractivity contribution in [2.24, 2.45) is 0 Å². The number of halogens is 2. The van der Waals surface area contributed by atoms with E-state index in [4.69, 9.17) is 16.7 Å². The van der Waals surface area contributed by atoms with Crippen molar-refractivity contribution >= 4 is 37.6 Å². The van der Waals surface area contributed by atoms with Gasteiger partial charge in [-0.05, 0) is 47.0 Å². The number of rotatable bonds is 5. The maximum absolute atomic E-state index is 12.1. The quantitative estimate of drug-likeness (QED) is 0.851. The summed E-state index contributed by atoms with van der Waals surface area (Å²) in [6.07, 6.45) is 0.507. The Morgan fingerprint density at radius 3 is 2.61 bits per heavy atom. The molecule has 4 nitrogen and oxygen atoms in total. The van der Waals surface area contributed by atoms with E-state index >= 15 is 0 Å². The fourth-order valence-electron chi connectivity index (χ4n) is 1.37. The van der Waals surface area contributed by atoms with Crippen LogP contribution in [0.1, 0.15) is 18.9 Å². The van der Waals surface area contributed by atoms with Crippen LogP contribution in [0.5, 0.6) is 0 Å². The minimum absolute atomic E-state index is 0.0741. The van der Waals surface area contributed by atoms with Gasteiger partial charge in [-0.3, -0.25) is 0 Å². The maximum atomic E-state index is 12.1. The smallest absolute Gasteiger partial charge is 0.242 e. The van der Waals surface area contributed by atoms with Crippen LogP contribution in [0.3, 0.4) is 0 Å². The summed E-state index contributed by atoms with van der Waals surface area (Å²) in [4.78, 5) is 0.0741. The van der Waals surface area contributed by atoms with Gasteiger partial charge in [0, 0.05) is 15.5 Å². The first kappa shape index (κ1) is 15.9. The van der Waals surface area contributed by atoms with Gasteiger partial charge in [0.25, 0.3) is 0 Å². The highest BCUT2D eigenvalue weighted by Crippen LogP contribution is 2.28. The van der Waals surface area contributed by atoms with Crippen LogP contribution in [0.15, 0.2) is 21.5 Å². The molecule has 0 fully saturated rings. The number of nitrogens with one attached hydrogen (secondary N) is 1. The van der Waals surface area contributed by atoms with Gasteiger partial charge in [-0.1, -0.05) is 18.5 Å². The van der Waals surface area contributed by atoms with E-state index in [1.165, 1.54) is 6.07 Å². The Balaban J connectivity index is 3.16. The average Bonchev–Trinajstić information content (AvgIpc) is 2.30. The molecule has 0 saturated heterocycles. The molecule has 0 spiro atoms. The van der Waals surface area contributed by atoms with Crippen LogP contribution >= 0.6 is 27.5 Å². The highest BCUT2D eigenvalue weighted by atomic mass is 79.9. The van der Waals surface area contributed by atoms with E-state index in [1.54, 1.807) is 19.9 Å². The fraction of sp³-hybridized carbons (Fsp3) is 0.455. The zero-order chi connectivity index (χ0) is 13.9. The molecule has 1 aromatic carbocycles. The molecule has 0 bridgehead atoms. The minimum Gasteiger partial charge on any atom is -0.395 e. The van der Waals surface area contributed by atoms with Crippen LogP contribution in [0, 0.1) is 6.92 Å². The van der Waals surface area contributed by atoms with E-state index in [2.05, 4.69) is 20.7 Å². The molecule has 0 saturated carbocycles. The van der Waals surface area contributed by atoms with Gasteiger partial charge in [0.15, 0.2) is 0 Å². The first-order valence-electron chi connectivity index (χ1n) is 5.40. The summed E-state index contributed by atoms with van der Waals surface area (Å²) < 4.78 is 27.1. The highest BCUT2D eigenvalue weighted by molar-refractivity contribution is 9.10. The molecule has 0 aliphatic heterocycles. The Hall–Kier alpha value is -0.140. The van der Waals surface area contributed by atoms with Gasteiger partial charge in [-0.2, -0.15) is 0 Å². The maximum Gasteiger partial charge on any atom is 0.242 e. The molecular formula is C11H15BrClNO3S. The van der Waals surface area contributed by atoms with Crippen LogP contribution in [-0.2, 0) is 10.0 Å². The molecule has 0 aliphatic rings. The molecular weight excluding hydrogens is 342 g/mol. The van der Waals surface area contributed by atoms with Gasteiger partial charge in [0.2, 0.25) is 10.0 Å². The molecule has 2 N–H and O–H groups in total. The third-order valence-corrected chi connectivity index (χ3v) is 5.42. The summed E-state index contributed by atoms with van der Waals surface area (Å²) in [6, 6.07) is 2.55. The van der Waals surface area contributed by atoms with Crippen LogP contribution < -0.4 is 4.72 Å². The highest BCUT2D eigenvalue weighted by Gasteiger charge is 2.22. The molecule has 0 aromatic heterocycles. The van der Waals surface area contributed by atoms with Crippen molar-refractivity contribution in [1.82, 2.24) is 4.72 Å². The Morgan fingerprint density at radius 1 is 1.50 bits per heavy atom.